The molecule has 2 aromatic heterocycles. The number of carbonyl (C=O) groups excluding carboxylic acids is 1. The van der Waals surface area contributed by atoms with Gasteiger partial charge in [-0.3, -0.25) is 14.3 Å². The highest BCUT2D eigenvalue weighted by Gasteiger charge is 2.28. The molecule has 184 valence electrons. The van der Waals surface area contributed by atoms with E-state index in [4.69, 9.17) is 4.74 Å². The summed E-state index contributed by atoms with van der Waals surface area (Å²) >= 11 is 0. The van der Waals surface area contributed by atoms with Gasteiger partial charge in [-0.2, -0.15) is 0 Å². The molecule has 2 N–H and O–H groups in total. The van der Waals surface area contributed by atoms with Crippen molar-refractivity contribution in [2.75, 3.05) is 37.6 Å². The van der Waals surface area contributed by atoms with Gasteiger partial charge in [0.1, 0.15) is 6.10 Å². The number of aromatic hydroxyl groups is 2. The highest BCUT2D eigenvalue weighted by Crippen LogP contribution is 2.37. The number of hydrogen-bond acceptors (Lipinski definition) is 8. The van der Waals surface area contributed by atoms with Crippen LogP contribution in [0.2, 0.25) is 0 Å². The molecule has 1 saturated heterocycles. The maximum absolute atomic E-state index is 12.6. The summed E-state index contributed by atoms with van der Waals surface area (Å²) < 4.78 is 7.38. The molecule has 9 heteroatoms. The van der Waals surface area contributed by atoms with E-state index >= 15 is 0 Å². The van der Waals surface area contributed by atoms with E-state index in [0.29, 0.717) is 25.8 Å². The Morgan fingerprint density at radius 1 is 1.00 bits per heavy atom. The largest absolute Gasteiger partial charge is 0.494 e. The van der Waals surface area contributed by atoms with Crippen LogP contribution >= 0.6 is 0 Å². The summed E-state index contributed by atoms with van der Waals surface area (Å²) in [7, 11) is 0. The summed E-state index contributed by atoms with van der Waals surface area (Å²) in [5.41, 5.74) is 1.51. The second-order valence-corrected chi connectivity index (χ2v) is 9.00. The Bertz CT molecular complexity index is 951. The number of nitrogens with zero attached hydrogens (tertiary/aromatic N) is 5. The predicted octanol–water partition coefficient (Wildman–Crippen LogP) is 2.66. The minimum absolute atomic E-state index is 0.0647. The molecule has 1 aliphatic carbocycles. The Balaban J connectivity index is 1.42. The van der Waals surface area contributed by atoms with Crippen molar-refractivity contribution in [2.45, 2.75) is 58.1 Å². The number of fused-ring (bicyclic) bond motifs is 1. The Kier molecular flexibility index (Phi) is 8.05. The van der Waals surface area contributed by atoms with Crippen molar-refractivity contribution < 1.29 is 19.7 Å². The fourth-order valence-corrected chi connectivity index (χ4v) is 4.67. The van der Waals surface area contributed by atoms with E-state index in [2.05, 4.69) is 26.7 Å². The van der Waals surface area contributed by atoms with Crippen LogP contribution in [0, 0.1) is 0 Å². The SMILES string of the molecule is CCCCCC(=O)OC(CN1CCN(c2ncccn2)CC1)Cn1c(O)c2c(c1O)CC=CC2. The molecule has 1 unspecified atom stereocenters. The third kappa shape index (κ3) is 5.70. The molecule has 1 atom stereocenters. The van der Waals surface area contributed by atoms with Crippen LogP contribution in [0.15, 0.2) is 30.6 Å². The summed E-state index contributed by atoms with van der Waals surface area (Å²) in [4.78, 5) is 25.6. The molecule has 2 aromatic rings. The first-order valence-electron chi connectivity index (χ1n) is 12.3. The molecule has 9 nitrogen and oxygen atoms in total. The van der Waals surface area contributed by atoms with Gasteiger partial charge in [0.05, 0.1) is 6.54 Å². The molecule has 1 aliphatic heterocycles. The average Bonchev–Trinajstić information content (AvgIpc) is 3.10. The Labute approximate surface area is 200 Å². The van der Waals surface area contributed by atoms with Gasteiger partial charge in [0.2, 0.25) is 5.95 Å². The van der Waals surface area contributed by atoms with Crippen molar-refractivity contribution >= 4 is 11.9 Å². The summed E-state index contributed by atoms with van der Waals surface area (Å²) in [6.45, 7) is 5.97. The Morgan fingerprint density at radius 2 is 1.65 bits per heavy atom. The molecule has 34 heavy (non-hydrogen) atoms. The monoisotopic (exact) mass is 469 g/mol. The van der Waals surface area contributed by atoms with E-state index in [1.807, 2.05) is 12.2 Å². The number of carbonyl (C=O) groups is 1. The maximum Gasteiger partial charge on any atom is 0.306 e. The van der Waals surface area contributed by atoms with Crippen LogP contribution in [0.25, 0.3) is 0 Å². The van der Waals surface area contributed by atoms with Crippen LogP contribution in [-0.2, 0) is 28.9 Å². The molecule has 0 aromatic carbocycles. The second-order valence-electron chi connectivity index (χ2n) is 9.00. The lowest BCUT2D eigenvalue weighted by Crippen LogP contribution is -2.50. The van der Waals surface area contributed by atoms with Crippen LogP contribution in [-0.4, -0.2) is 74.4 Å². The van der Waals surface area contributed by atoms with Gasteiger partial charge < -0.3 is 19.8 Å². The fraction of sp³-hybridized carbons (Fsp3) is 0.560. The topological polar surface area (TPSA) is 104 Å². The van der Waals surface area contributed by atoms with Gasteiger partial charge in [0, 0.05) is 62.7 Å². The quantitative estimate of drug-likeness (QED) is 0.311. The molecule has 1 fully saturated rings. The minimum Gasteiger partial charge on any atom is -0.494 e. The molecular formula is C25H35N5O4. The first kappa shape index (κ1) is 24.1. The summed E-state index contributed by atoms with van der Waals surface area (Å²) in [6, 6.07) is 1.80. The number of aromatic nitrogens is 3. The van der Waals surface area contributed by atoms with E-state index < -0.39 is 6.10 Å². The van der Waals surface area contributed by atoms with Gasteiger partial charge in [-0.1, -0.05) is 31.9 Å². The third-order valence-electron chi connectivity index (χ3n) is 6.56. The fourth-order valence-electron chi connectivity index (χ4n) is 4.67. The van der Waals surface area contributed by atoms with Crippen molar-refractivity contribution in [1.82, 2.24) is 19.4 Å². The summed E-state index contributed by atoms with van der Waals surface area (Å²) in [5, 5.41) is 21.5. The predicted molar refractivity (Wildman–Crippen MR) is 129 cm³/mol. The average molecular weight is 470 g/mol. The van der Waals surface area contributed by atoms with Crippen molar-refractivity contribution in [3.05, 3.63) is 41.7 Å². The number of allylic oxidation sites excluding steroid dienone is 2. The van der Waals surface area contributed by atoms with Crippen LogP contribution in [0.3, 0.4) is 0 Å². The first-order chi connectivity index (χ1) is 16.6. The molecule has 0 radical (unpaired) electrons. The number of unbranched alkanes of at least 4 members (excludes halogenated alkanes) is 2. The van der Waals surface area contributed by atoms with Gasteiger partial charge >= 0.3 is 5.97 Å². The highest BCUT2D eigenvalue weighted by atomic mass is 16.5. The van der Waals surface area contributed by atoms with Crippen molar-refractivity contribution in [1.29, 1.82) is 0 Å². The normalized spacial score (nSPS) is 16.9. The molecule has 0 spiro atoms. The smallest absolute Gasteiger partial charge is 0.306 e. The van der Waals surface area contributed by atoms with Crippen molar-refractivity contribution in [3.63, 3.8) is 0 Å². The van der Waals surface area contributed by atoms with Gasteiger partial charge in [-0.05, 0) is 25.3 Å². The van der Waals surface area contributed by atoms with Gasteiger partial charge in [0.25, 0.3) is 0 Å². The first-order valence-corrected chi connectivity index (χ1v) is 12.3. The number of hydrogen-bond donors (Lipinski definition) is 2. The zero-order valence-electron chi connectivity index (χ0n) is 19.9. The van der Waals surface area contributed by atoms with Gasteiger partial charge in [-0.25, -0.2) is 9.97 Å². The third-order valence-corrected chi connectivity index (χ3v) is 6.56. The number of piperazine rings is 1. The lowest BCUT2D eigenvalue weighted by Gasteiger charge is -2.36. The van der Waals surface area contributed by atoms with Crippen LogP contribution in [0.5, 0.6) is 11.8 Å². The summed E-state index contributed by atoms with van der Waals surface area (Å²) in [5.74, 6) is 0.625. The molecule has 0 saturated carbocycles. The molecule has 0 amide bonds. The van der Waals surface area contributed by atoms with E-state index in [-0.39, 0.29) is 24.3 Å². The van der Waals surface area contributed by atoms with E-state index in [1.165, 1.54) is 4.57 Å². The molecular weight excluding hydrogens is 434 g/mol. The van der Waals surface area contributed by atoms with E-state index in [1.54, 1.807) is 18.5 Å². The van der Waals surface area contributed by atoms with Crippen molar-refractivity contribution in [3.8, 4) is 11.8 Å². The van der Waals surface area contributed by atoms with Gasteiger partial charge in [0.15, 0.2) is 11.8 Å². The standard InChI is InChI=1S/C25H35N5O4/c1-2-3-4-10-22(31)34-19(18-30-23(32)20-8-5-6-9-21(20)24(30)33)17-28-13-15-29(16-14-28)25-26-11-7-12-27-25/h5-7,11-12,19,32-33H,2-4,8-10,13-18H2,1H3. The van der Waals surface area contributed by atoms with Crippen LogP contribution in [0.1, 0.15) is 43.7 Å². The zero-order valence-corrected chi connectivity index (χ0v) is 19.9. The van der Waals surface area contributed by atoms with Gasteiger partial charge in [-0.15, -0.1) is 0 Å². The lowest BCUT2D eigenvalue weighted by atomic mass is 10.0. The van der Waals surface area contributed by atoms with Crippen LogP contribution in [0.4, 0.5) is 5.95 Å². The van der Waals surface area contributed by atoms with E-state index in [0.717, 1.165) is 62.5 Å². The van der Waals surface area contributed by atoms with Crippen molar-refractivity contribution in [2.24, 2.45) is 0 Å². The number of ether oxygens (including phenoxy) is 1. The second kappa shape index (κ2) is 11.4. The number of esters is 1. The number of anilines is 1. The van der Waals surface area contributed by atoms with E-state index in [9.17, 15) is 15.0 Å². The van der Waals surface area contributed by atoms with Crippen LogP contribution < -0.4 is 4.90 Å². The minimum atomic E-state index is -0.479. The number of rotatable bonds is 10. The Hall–Kier alpha value is -3.07. The highest BCUT2D eigenvalue weighted by molar-refractivity contribution is 5.69. The zero-order chi connectivity index (χ0) is 23.9. The lowest BCUT2D eigenvalue weighted by molar-refractivity contribution is -0.151. The molecule has 2 aliphatic rings. The maximum atomic E-state index is 12.6. The molecule has 0 bridgehead atoms. The molecule has 4 rings (SSSR count). The Morgan fingerprint density at radius 3 is 2.26 bits per heavy atom. The molecule has 3 heterocycles. The summed E-state index contributed by atoms with van der Waals surface area (Å²) in [6.07, 6.45) is 11.4.